The number of primary amides is 1. The molecule has 11 nitrogen and oxygen atoms in total. The molecular weight excluding hydrogens is 506 g/mol. The minimum atomic E-state index is -2.70. The van der Waals surface area contributed by atoms with Gasteiger partial charge in [-0.05, 0) is 56.0 Å². The van der Waals surface area contributed by atoms with E-state index in [9.17, 15) is 39.6 Å². The van der Waals surface area contributed by atoms with Crippen LogP contribution >= 0.6 is 0 Å². The van der Waals surface area contributed by atoms with Crippen LogP contribution in [0.15, 0.2) is 34.8 Å². The summed E-state index contributed by atoms with van der Waals surface area (Å²) in [6, 6.07) is 1.60. The number of fused-ring (bicyclic) bond motifs is 3. The monoisotopic (exact) mass is 541 g/mol. The number of hydrogen-bond donors (Lipinski definition) is 6. The van der Waals surface area contributed by atoms with E-state index in [0.717, 1.165) is 0 Å². The Morgan fingerprint density at radius 3 is 2.36 bits per heavy atom. The third-order valence-electron chi connectivity index (χ3n) is 7.85. The van der Waals surface area contributed by atoms with Crippen LogP contribution < -0.4 is 11.1 Å². The lowest BCUT2D eigenvalue weighted by molar-refractivity contribution is -0.148. The summed E-state index contributed by atoms with van der Waals surface area (Å²) in [4.78, 5) is 53.8. The Labute approximate surface area is 226 Å². The molecule has 4 rings (SSSR count). The molecule has 0 saturated carbocycles. The molecule has 0 heterocycles. The Balaban J connectivity index is 1.83. The summed E-state index contributed by atoms with van der Waals surface area (Å²) in [5, 5.41) is 47.5. The van der Waals surface area contributed by atoms with E-state index in [0.29, 0.717) is 12.1 Å². The van der Waals surface area contributed by atoms with Crippen LogP contribution in [-0.4, -0.2) is 87.4 Å². The second-order valence-corrected chi connectivity index (χ2v) is 12.0. The molecule has 3 aliphatic rings. The highest BCUT2D eigenvalue weighted by Gasteiger charge is 2.63. The first kappa shape index (κ1) is 28.5. The van der Waals surface area contributed by atoms with Crippen molar-refractivity contribution in [2.45, 2.75) is 45.3 Å². The molecular formula is C28H35N3O8. The molecule has 0 aliphatic heterocycles. The first-order valence-corrected chi connectivity index (χ1v) is 12.8. The minimum Gasteiger partial charge on any atom is -0.510 e. The molecule has 0 radical (unpaired) electrons. The normalized spacial score (nSPS) is 26.9. The van der Waals surface area contributed by atoms with E-state index in [1.165, 1.54) is 17.0 Å². The first-order valence-electron chi connectivity index (χ1n) is 12.8. The van der Waals surface area contributed by atoms with Gasteiger partial charge in [-0.1, -0.05) is 20.8 Å². The molecule has 0 unspecified atom stereocenters. The highest BCUT2D eigenvalue weighted by atomic mass is 16.3. The number of carbonyl (C=O) groups is 4. The number of phenols is 1. The van der Waals surface area contributed by atoms with Gasteiger partial charge in [-0.15, -0.1) is 0 Å². The number of nitrogens with one attached hydrogen (secondary N) is 1. The number of Topliss-reactive ketones (excluding diaryl/α,β-unsaturated/α-hetero) is 3. The van der Waals surface area contributed by atoms with Crippen LogP contribution in [0.25, 0.3) is 0 Å². The number of benzene rings is 1. The molecule has 0 fully saturated rings. The third-order valence-corrected chi connectivity index (χ3v) is 7.85. The van der Waals surface area contributed by atoms with Crippen LogP contribution in [0.2, 0.25) is 0 Å². The summed E-state index contributed by atoms with van der Waals surface area (Å²) in [7, 11) is 3.12. The van der Waals surface area contributed by atoms with Crippen molar-refractivity contribution in [1.29, 1.82) is 0 Å². The van der Waals surface area contributed by atoms with Crippen molar-refractivity contribution in [2.24, 2.45) is 23.0 Å². The predicted molar refractivity (Wildman–Crippen MR) is 140 cm³/mol. The Morgan fingerprint density at radius 1 is 1.15 bits per heavy atom. The number of aliphatic hydroxyl groups is 3. The predicted octanol–water partition coefficient (Wildman–Crippen LogP) is 0.939. The number of nitrogens with two attached hydrogens (primary N) is 1. The molecule has 1 amide bonds. The average Bonchev–Trinajstić information content (AvgIpc) is 2.80. The number of ketones is 3. The second-order valence-electron chi connectivity index (χ2n) is 12.0. The number of aromatic hydroxyl groups is 1. The van der Waals surface area contributed by atoms with E-state index in [-0.39, 0.29) is 47.3 Å². The Kier molecular flexibility index (Phi) is 6.99. The number of nitrogens with zero attached hydrogens (tertiary/aromatic N) is 1. The molecule has 0 aromatic heterocycles. The van der Waals surface area contributed by atoms with Crippen molar-refractivity contribution in [1.82, 2.24) is 10.2 Å². The summed E-state index contributed by atoms with van der Waals surface area (Å²) < 4.78 is 0. The van der Waals surface area contributed by atoms with Gasteiger partial charge in [-0.25, -0.2) is 0 Å². The topological polar surface area (TPSA) is 190 Å². The summed E-state index contributed by atoms with van der Waals surface area (Å²) in [5.41, 5.74) is 1.84. The fourth-order valence-electron chi connectivity index (χ4n) is 6.16. The zero-order valence-corrected chi connectivity index (χ0v) is 22.7. The second kappa shape index (κ2) is 9.58. The highest BCUT2D eigenvalue weighted by Crippen LogP contribution is 2.52. The van der Waals surface area contributed by atoms with Gasteiger partial charge >= 0.3 is 0 Å². The maximum atomic E-state index is 13.7. The number of carbonyl (C=O) groups excluding carboxylic acids is 4. The van der Waals surface area contributed by atoms with Crippen molar-refractivity contribution in [3.63, 3.8) is 0 Å². The van der Waals surface area contributed by atoms with Gasteiger partial charge in [0.05, 0.1) is 18.2 Å². The Bertz CT molecular complexity index is 1350. The lowest BCUT2D eigenvalue weighted by Gasteiger charge is -2.50. The third kappa shape index (κ3) is 4.44. The Morgan fingerprint density at radius 2 is 1.79 bits per heavy atom. The number of allylic oxidation sites excluding steroid dienone is 1. The number of hydrogen-bond acceptors (Lipinski definition) is 10. The van der Waals surface area contributed by atoms with E-state index in [1.807, 2.05) is 20.8 Å². The van der Waals surface area contributed by atoms with Crippen molar-refractivity contribution in [3.05, 3.63) is 51.5 Å². The standard InChI is InChI=1S/C28H35N3O8/c1-27(2,3)11-30-10-17(33)13-6-7-16(32)19-14(13)8-12-9-15-21(31(4)5)23(35)20(26(29)38)25(37)28(15,39)24(36)18(12)22(19)34/h6-7,12,15,21,30,32,35-36,39H,8-11H2,1-5H3,(H2,29,38)/t12-,15-,21-,28-/m0/s1. The molecule has 1 aromatic rings. The lowest BCUT2D eigenvalue weighted by Crippen LogP contribution is -2.63. The van der Waals surface area contributed by atoms with Crippen LogP contribution in [-0.2, 0) is 16.0 Å². The van der Waals surface area contributed by atoms with Gasteiger partial charge in [0.15, 0.2) is 17.2 Å². The molecule has 0 saturated heterocycles. The SMILES string of the molecule is CN(C)[C@@H]1C(O)=C(C(N)=O)C(=O)[C@@]2(O)C(O)=C3C(=O)c4c(O)ccc(C(=O)CNCC(C)(C)C)c4C[C@H]3C[C@@H]12. The Hall–Kier alpha value is -3.54. The van der Waals surface area contributed by atoms with Gasteiger partial charge in [-0.3, -0.25) is 24.1 Å². The van der Waals surface area contributed by atoms with Crippen molar-refractivity contribution in [3.8, 4) is 5.75 Å². The number of phenolic OH excluding ortho intramolecular Hbond substituents is 1. The van der Waals surface area contributed by atoms with Gasteiger partial charge in [0.25, 0.3) is 5.91 Å². The largest absolute Gasteiger partial charge is 0.510 e. The molecule has 0 spiro atoms. The quantitative estimate of drug-likeness (QED) is 0.223. The molecule has 4 atom stereocenters. The summed E-state index contributed by atoms with van der Waals surface area (Å²) in [6.07, 6.45) is 0.0145. The number of aliphatic hydroxyl groups excluding tert-OH is 2. The summed E-state index contributed by atoms with van der Waals surface area (Å²) >= 11 is 0. The fraction of sp³-hybridized carbons (Fsp3) is 0.500. The van der Waals surface area contributed by atoms with Crippen LogP contribution in [0.5, 0.6) is 5.75 Å². The van der Waals surface area contributed by atoms with E-state index in [4.69, 9.17) is 5.73 Å². The minimum absolute atomic E-state index is 0.00936. The molecule has 7 N–H and O–H groups in total. The lowest BCUT2D eigenvalue weighted by atomic mass is 9.58. The van der Waals surface area contributed by atoms with Crippen molar-refractivity contribution < 1.29 is 39.6 Å². The van der Waals surface area contributed by atoms with E-state index < -0.39 is 63.8 Å². The molecule has 11 heteroatoms. The van der Waals surface area contributed by atoms with Gasteiger partial charge in [-0.2, -0.15) is 0 Å². The van der Waals surface area contributed by atoms with Gasteiger partial charge in [0.2, 0.25) is 5.78 Å². The van der Waals surface area contributed by atoms with E-state index >= 15 is 0 Å². The van der Waals surface area contributed by atoms with Crippen LogP contribution in [0.1, 0.15) is 53.5 Å². The smallest absolute Gasteiger partial charge is 0.255 e. The van der Waals surface area contributed by atoms with Crippen LogP contribution in [0.3, 0.4) is 0 Å². The summed E-state index contributed by atoms with van der Waals surface area (Å²) in [5.74, 6) is -7.53. The zero-order chi connectivity index (χ0) is 29.2. The fourth-order valence-corrected chi connectivity index (χ4v) is 6.16. The van der Waals surface area contributed by atoms with Crippen molar-refractivity contribution >= 4 is 23.3 Å². The highest BCUT2D eigenvalue weighted by molar-refractivity contribution is 6.25. The molecule has 1 aromatic carbocycles. The molecule has 3 aliphatic carbocycles. The molecule has 0 bridgehead atoms. The zero-order valence-electron chi connectivity index (χ0n) is 22.7. The maximum absolute atomic E-state index is 13.7. The molecule has 39 heavy (non-hydrogen) atoms. The first-order chi connectivity index (χ1) is 18.0. The van der Waals surface area contributed by atoms with E-state index in [1.54, 1.807) is 14.1 Å². The maximum Gasteiger partial charge on any atom is 0.255 e. The van der Waals surface area contributed by atoms with Gasteiger partial charge in [0.1, 0.15) is 22.8 Å². The van der Waals surface area contributed by atoms with Crippen LogP contribution in [0, 0.1) is 17.3 Å². The number of amides is 1. The number of likely N-dealkylation sites (N-methyl/N-ethyl adjacent to an activating group) is 1. The van der Waals surface area contributed by atoms with Gasteiger partial charge in [0, 0.05) is 23.6 Å². The van der Waals surface area contributed by atoms with E-state index in [2.05, 4.69) is 5.32 Å². The average molecular weight is 542 g/mol. The number of rotatable bonds is 6. The van der Waals surface area contributed by atoms with Gasteiger partial charge < -0.3 is 31.5 Å². The van der Waals surface area contributed by atoms with Crippen molar-refractivity contribution in [2.75, 3.05) is 27.2 Å². The summed E-state index contributed by atoms with van der Waals surface area (Å²) in [6.45, 7) is 6.65. The molecule has 210 valence electrons. The van der Waals surface area contributed by atoms with Crippen LogP contribution in [0.4, 0.5) is 0 Å².